The average molecular weight is 310 g/mol. The van der Waals surface area contributed by atoms with Crippen LogP contribution < -0.4 is 10.1 Å². The third-order valence-corrected chi connectivity index (χ3v) is 4.63. The van der Waals surface area contributed by atoms with Crippen molar-refractivity contribution in [2.45, 2.75) is 65.0 Å². The maximum atomic E-state index is 6.29. The molecule has 1 N–H and O–H groups in total. The van der Waals surface area contributed by atoms with Gasteiger partial charge in [0.2, 0.25) is 0 Å². The summed E-state index contributed by atoms with van der Waals surface area (Å²) in [6.45, 7) is 7.70. The van der Waals surface area contributed by atoms with Crippen LogP contribution in [0.4, 0.5) is 0 Å². The molecule has 1 fully saturated rings. The maximum Gasteiger partial charge on any atom is 0.124 e. The average Bonchev–Trinajstić information content (AvgIpc) is 2.49. The molecule has 1 aromatic carbocycles. The summed E-state index contributed by atoms with van der Waals surface area (Å²) in [4.78, 5) is 0. The van der Waals surface area contributed by atoms with Crippen molar-refractivity contribution in [2.75, 3.05) is 6.54 Å². The van der Waals surface area contributed by atoms with Gasteiger partial charge >= 0.3 is 0 Å². The largest absolute Gasteiger partial charge is 0.490 e. The molecule has 1 aliphatic carbocycles. The van der Waals surface area contributed by atoms with Crippen LogP contribution in [-0.4, -0.2) is 12.6 Å². The topological polar surface area (TPSA) is 21.3 Å². The quantitative estimate of drug-likeness (QED) is 0.764. The first kappa shape index (κ1) is 16.6. The number of halogens is 1. The fourth-order valence-corrected chi connectivity index (χ4v) is 3.14. The Hall–Kier alpha value is -0.730. The molecule has 0 aliphatic heterocycles. The van der Waals surface area contributed by atoms with Crippen LogP contribution in [0, 0.1) is 5.92 Å². The molecule has 1 unspecified atom stereocenters. The number of benzene rings is 1. The zero-order chi connectivity index (χ0) is 15.2. The SMILES string of the molecule is CCCNC(C)c1cc(Cl)ccc1OC1CCC(C)CC1. The van der Waals surface area contributed by atoms with E-state index in [4.69, 9.17) is 16.3 Å². The lowest BCUT2D eigenvalue weighted by molar-refractivity contribution is 0.133. The Morgan fingerprint density at radius 1 is 1.29 bits per heavy atom. The Morgan fingerprint density at radius 2 is 2.00 bits per heavy atom. The van der Waals surface area contributed by atoms with E-state index in [-0.39, 0.29) is 6.04 Å². The van der Waals surface area contributed by atoms with Crippen LogP contribution in [0.5, 0.6) is 5.75 Å². The normalized spacial score (nSPS) is 23.8. The van der Waals surface area contributed by atoms with Gasteiger partial charge in [0.1, 0.15) is 5.75 Å². The predicted molar refractivity (Wildman–Crippen MR) is 90.2 cm³/mol. The number of hydrogen-bond acceptors (Lipinski definition) is 2. The van der Waals surface area contributed by atoms with Crippen LogP contribution in [0.3, 0.4) is 0 Å². The molecule has 0 amide bonds. The third-order valence-electron chi connectivity index (χ3n) is 4.40. The molecular weight excluding hydrogens is 282 g/mol. The highest BCUT2D eigenvalue weighted by molar-refractivity contribution is 6.30. The Labute approximate surface area is 134 Å². The molecule has 1 saturated carbocycles. The van der Waals surface area contributed by atoms with Gasteiger partial charge in [0.25, 0.3) is 0 Å². The first-order chi connectivity index (χ1) is 10.1. The van der Waals surface area contributed by atoms with Crippen molar-refractivity contribution in [1.29, 1.82) is 0 Å². The van der Waals surface area contributed by atoms with E-state index >= 15 is 0 Å². The second-order valence-electron chi connectivity index (χ2n) is 6.36. The van der Waals surface area contributed by atoms with Crippen LogP contribution in [0.15, 0.2) is 18.2 Å². The molecule has 0 radical (unpaired) electrons. The fraction of sp³-hybridized carbons (Fsp3) is 0.667. The molecule has 3 heteroatoms. The summed E-state index contributed by atoms with van der Waals surface area (Å²) in [6.07, 6.45) is 6.37. The summed E-state index contributed by atoms with van der Waals surface area (Å²) < 4.78 is 6.29. The van der Waals surface area contributed by atoms with Gasteiger partial charge in [-0.25, -0.2) is 0 Å². The molecular formula is C18H28ClNO. The van der Waals surface area contributed by atoms with Gasteiger partial charge in [-0.2, -0.15) is 0 Å². The zero-order valence-electron chi connectivity index (χ0n) is 13.5. The highest BCUT2D eigenvalue weighted by Crippen LogP contribution is 2.32. The standard InChI is InChI=1S/C18H28ClNO/c1-4-11-20-14(3)17-12-15(19)7-10-18(17)21-16-8-5-13(2)6-9-16/h7,10,12-14,16,20H,4-6,8-9,11H2,1-3H3. The van der Waals surface area contributed by atoms with Crippen LogP contribution in [0.1, 0.15) is 64.5 Å². The van der Waals surface area contributed by atoms with Gasteiger partial charge in [-0.05, 0) is 69.7 Å². The summed E-state index contributed by atoms with van der Waals surface area (Å²) >= 11 is 6.17. The van der Waals surface area contributed by atoms with E-state index in [2.05, 4.69) is 26.1 Å². The van der Waals surface area contributed by atoms with Crippen molar-refractivity contribution in [3.05, 3.63) is 28.8 Å². The van der Waals surface area contributed by atoms with E-state index in [0.29, 0.717) is 6.10 Å². The van der Waals surface area contributed by atoms with Crippen LogP contribution in [0.25, 0.3) is 0 Å². The van der Waals surface area contributed by atoms with Gasteiger partial charge in [0, 0.05) is 16.6 Å². The van der Waals surface area contributed by atoms with Crippen LogP contribution in [-0.2, 0) is 0 Å². The summed E-state index contributed by atoms with van der Waals surface area (Å²) in [7, 11) is 0. The highest BCUT2D eigenvalue weighted by atomic mass is 35.5. The van der Waals surface area contributed by atoms with Gasteiger partial charge in [-0.3, -0.25) is 0 Å². The molecule has 0 heterocycles. The highest BCUT2D eigenvalue weighted by Gasteiger charge is 2.21. The van der Waals surface area contributed by atoms with E-state index in [0.717, 1.165) is 29.7 Å². The molecule has 1 aliphatic rings. The monoisotopic (exact) mass is 309 g/mol. The first-order valence-corrected chi connectivity index (χ1v) is 8.67. The molecule has 2 nitrogen and oxygen atoms in total. The Bertz CT molecular complexity index is 441. The van der Waals surface area contributed by atoms with E-state index in [1.807, 2.05) is 18.2 Å². The van der Waals surface area contributed by atoms with Gasteiger partial charge in [-0.1, -0.05) is 25.4 Å². The first-order valence-electron chi connectivity index (χ1n) is 8.29. The molecule has 118 valence electrons. The van der Waals surface area contributed by atoms with Crippen molar-refractivity contribution < 1.29 is 4.74 Å². The van der Waals surface area contributed by atoms with Crippen molar-refractivity contribution in [1.82, 2.24) is 5.32 Å². The molecule has 0 bridgehead atoms. The minimum Gasteiger partial charge on any atom is -0.490 e. The summed E-state index contributed by atoms with van der Waals surface area (Å²) in [6, 6.07) is 6.26. The third kappa shape index (κ3) is 4.89. The van der Waals surface area contributed by atoms with Crippen molar-refractivity contribution >= 4 is 11.6 Å². The predicted octanol–water partition coefficient (Wildman–Crippen LogP) is 5.36. The van der Waals surface area contributed by atoms with E-state index in [9.17, 15) is 0 Å². The lowest BCUT2D eigenvalue weighted by Gasteiger charge is -2.28. The second-order valence-corrected chi connectivity index (χ2v) is 6.79. The Balaban J connectivity index is 2.07. The molecule has 2 rings (SSSR count). The van der Waals surface area contributed by atoms with Gasteiger partial charge < -0.3 is 10.1 Å². The van der Waals surface area contributed by atoms with Crippen molar-refractivity contribution in [2.24, 2.45) is 5.92 Å². The van der Waals surface area contributed by atoms with Crippen molar-refractivity contribution in [3.63, 3.8) is 0 Å². The van der Waals surface area contributed by atoms with Crippen LogP contribution >= 0.6 is 11.6 Å². The van der Waals surface area contributed by atoms with E-state index in [1.54, 1.807) is 0 Å². The molecule has 0 saturated heterocycles. The summed E-state index contributed by atoms with van der Waals surface area (Å²) in [5, 5.41) is 4.30. The number of nitrogens with one attached hydrogen (secondary N) is 1. The smallest absolute Gasteiger partial charge is 0.124 e. The molecule has 21 heavy (non-hydrogen) atoms. The van der Waals surface area contributed by atoms with Gasteiger partial charge in [-0.15, -0.1) is 0 Å². The zero-order valence-corrected chi connectivity index (χ0v) is 14.2. The number of hydrogen-bond donors (Lipinski definition) is 1. The lowest BCUT2D eigenvalue weighted by Crippen LogP contribution is -2.25. The van der Waals surface area contributed by atoms with Gasteiger partial charge in [0.05, 0.1) is 6.10 Å². The second kappa shape index (κ2) is 8.05. The number of ether oxygens (including phenoxy) is 1. The maximum absolute atomic E-state index is 6.29. The minimum atomic E-state index is 0.265. The molecule has 1 aromatic rings. The molecule has 1 atom stereocenters. The Kier molecular flexibility index (Phi) is 6.38. The van der Waals surface area contributed by atoms with E-state index < -0.39 is 0 Å². The Morgan fingerprint density at radius 3 is 2.67 bits per heavy atom. The van der Waals surface area contributed by atoms with E-state index in [1.165, 1.54) is 31.2 Å². The summed E-state index contributed by atoms with van der Waals surface area (Å²) in [5.74, 6) is 1.84. The number of rotatable bonds is 6. The van der Waals surface area contributed by atoms with Crippen LogP contribution in [0.2, 0.25) is 5.02 Å². The molecule has 0 spiro atoms. The summed E-state index contributed by atoms with van der Waals surface area (Å²) in [5.41, 5.74) is 1.18. The molecule has 0 aromatic heterocycles. The van der Waals surface area contributed by atoms with Crippen molar-refractivity contribution in [3.8, 4) is 5.75 Å². The fourth-order valence-electron chi connectivity index (χ4n) is 2.96. The van der Waals surface area contributed by atoms with Gasteiger partial charge in [0.15, 0.2) is 0 Å². The lowest BCUT2D eigenvalue weighted by atomic mass is 9.89. The minimum absolute atomic E-state index is 0.265.